The van der Waals surface area contributed by atoms with Gasteiger partial charge in [0.25, 0.3) is 0 Å². The van der Waals surface area contributed by atoms with E-state index in [9.17, 15) is 5.26 Å². The molecule has 0 N–H and O–H groups in total. The normalized spacial score (nSPS) is 20.9. The molecule has 1 aliphatic carbocycles. The van der Waals surface area contributed by atoms with Gasteiger partial charge in [0.15, 0.2) is 0 Å². The molecule has 2 aromatic rings. The molecule has 0 aliphatic heterocycles. The molecule has 2 aromatic carbocycles. The molecule has 0 amide bonds. The molecule has 0 aromatic heterocycles. The number of unbranched alkanes of at least 4 members (excludes halogenated alkanes) is 4. The highest BCUT2D eigenvalue weighted by Gasteiger charge is 2.34. The molecular formula is C29H39NO. The van der Waals surface area contributed by atoms with Gasteiger partial charge in [0.2, 0.25) is 0 Å². The summed E-state index contributed by atoms with van der Waals surface area (Å²) in [6.45, 7) is 5.35. The first-order valence-electron chi connectivity index (χ1n) is 12.4. The smallest absolute Gasteiger partial charge is 0.119 e. The van der Waals surface area contributed by atoms with Crippen LogP contribution in [0.5, 0.6) is 5.75 Å². The molecule has 1 aliphatic rings. The summed E-state index contributed by atoms with van der Waals surface area (Å²) in [6, 6.07) is 20.0. The van der Waals surface area contributed by atoms with E-state index in [4.69, 9.17) is 4.74 Å². The van der Waals surface area contributed by atoms with E-state index >= 15 is 0 Å². The number of nitrogens with zero attached hydrogens (tertiary/aromatic N) is 1. The lowest BCUT2D eigenvalue weighted by molar-refractivity contribution is 0.197. The van der Waals surface area contributed by atoms with Gasteiger partial charge in [-0.05, 0) is 66.8 Å². The lowest BCUT2D eigenvalue weighted by Crippen LogP contribution is -2.26. The Kier molecular flexibility index (Phi) is 9.01. The van der Waals surface area contributed by atoms with Gasteiger partial charge in [-0.3, -0.25) is 0 Å². The maximum absolute atomic E-state index is 9.79. The predicted molar refractivity (Wildman–Crippen MR) is 130 cm³/mol. The molecule has 1 saturated carbocycles. The molecule has 2 atom stereocenters. The van der Waals surface area contributed by atoms with E-state index in [1.807, 2.05) is 0 Å². The quantitative estimate of drug-likeness (QED) is 0.344. The standard InChI is InChI=1S/C29H39NO/c1-3-4-5-6-7-21-31-28-16-14-27(15-17-28)26-12-10-25(11-13-26)18-20-29(23-30)19-8-9-24(2)22-29/h10-17,24H,3-9,18-22H2,1-2H3. The molecule has 3 rings (SSSR count). The summed E-state index contributed by atoms with van der Waals surface area (Å²) in [5.41, 5.74) is 3.68. The van der Waals surface area contributed by atoms with Crippen LogP contribution in [0.15, 0.2) is 48.5 Å². The van der Waals surface area contributed by atoms with E-state index in [2.05, 4.69) is 68.4 Å². The molecule has 0 saturated heterocycles. The van der Waals surface area contributed by atoms with Gasteiger partial charge in [0, 0.05) is 0 Å². The molecule has 0 radical (unpaired) electrons. The Morgan fingerprint density at radius 2 is 1.65 bits per heavy atom. The number of hydrogen-bond acceptors (Lipinski definition) is 2. The van der Waals surface area contributed by atoms with Crippen molar-refractivity contribution in [3.05, 3.63) is 54.1 Å². The van der Waals surface area contributed by atoms with Crippen LogP contribution < -0.4 is 4.74 Å². The third-order valence-corrected chi connectivity index (χ3v) is 6.88. The van der Waals surface area contributed by atoms with Crippen molar-refractivity contribution in [2.75, 3.05) is 6.61 Å². The summed E-state index contributed by atoms with van der Waals surface area (Å²) < 4.78 is 5.89. The van der Waals surface area contributed by atoms with Crippen LogP contribution >= 0.6 is 0 Å². The zero-order valence-electron chi connectivity index (χ0n) is 19.5. The van der Waals surface area contributed by atoms with Crippen LogP contribution in [0.1, 0.15) is 83.6 Å². The lowest BCUT2D eigenvalue weighted by Gasteiger charge is -2.34. The molecule has 0 spiro atoms. The molecule has 2 heteroatoms. The Hall–Kier alpha value is -2.27. The first-order valence-corrected chi connectivity index (χ1v) is 12.4. The highest BCUT2D eigenvalue weighted by molar-refractivity contribution is 5.64. The minimum Gasteiger partial charge on any atom is -0.494 e. The summed E-state index contributed by atoms with van der Waals surface area (Å²) in [6.07, 6.45) is 12.9. The van der Waals surface area contributed by atoms with E-state index in [0.717, 1.165) is 44.5 Å². The van der Waals surface area contributed by atoms with Crippen LogP contribution in [-0.2, 0) is 6.42 Å². The number of aryl methyl sites for hydroxylation is 1. The van der Waals surface area contributed by atoms with Crippen LogP contribution in [0.4, 0.5) is 0 Å². The number of rotatable bonds is 11. The van der Waals surface area contributed by atoms with Crippen molar-refractivity contribution in [3.63, 3.8) is 0 Å². The van der Waals surface area contributed by atoms with E-state index < -0.39 is 0 Å². The highest BCUT2D eigenvalue weighted by Crippen LogP contribution is 2.42. The summed E-state index contributed by atoms with van der Waals surface area (Å²) in [5.74, 6) is 1.64. The van der Waals surface area contributed by atoms with Crippen LogP contribution in [0, 0.1) is 22.7 Å². The maximum Gasteiger partial charge on any atom is 0.119 e. The SMILES string of the molecule is CCCCCCCOc1ccc(-c2ccc(CCC3(C#N)CCCC(C)C3)cc2)cc1. The van der Waals surface area contributed by atoms with Crippen molar-refractivity contribution in [2.24, 2.45) is 11.3 Å². The van der Waals surface area contributed by atoms with E-state index in [1.54, 1.807) is 0 Å². The first-order chi connectivity index (χ1) is 15.1. The van der Waals surface area contributed by atoms with Crippen LogP contribution in [0.25, 0.3) is 11.1 Å². The van der Waals surface area contributed by atoms with Gasteiger partial charge in [-0.2, -0.15) is 5.26 Å². The average Bonchev–Trinajstić information content (AvgIpc) is 2.81. The summed E-state index contributed by atoms with van der Waals surface area (Å²) in [5, 5.41) is 9.79. The minimum absolute atomic E-state index is 0.109. The number of hydrogen-bond donors (Lipinski definition) is 0. The van der Waals surface area contributed by atoms with E-state index in [0.29, 0.717) is 5.92 Å². The van der Waals surface area contributed by atoms with Gasteiger partial charge in [-0.1, -0.05) is 88.8 Å². The average molecular weight is 418 g/mol. The Bertz CT molecular complexity index is 817. The topological polar surface area (TPSA) is 33.0 Å². The summed E-state index contributed by atoms with van der Waals surface area (Å²) in [4.78, 5) is 0. The fourth-order valence-electron chi connectivity index (χ4n) is 4.93. The Labute approximate surface area is 189 Å². The molecular weight excluding hydrogens is 378 g/mol. The monoisotopic (exact) mass is 417 g/mol. The maximum atomic E-state index is 9.79. The van der Waals surface area contributed by atoms with Crippen LogP contribution in [-0.4, -0.2) is 6.61 Å². The Morgan fingerprint density at radius 3 is 2.29 bits per heavy atom. The number of ether oxygens (including phenoxy) is 1. The van der Waals surface area contributed by atoms with E-state index in [-0.39, 0.29) is 5.41 Å². The Balaban J connectivity index is 1.49. The molecule has 1 fully saturated rings. The molecule has 166 valence electrons. The number of benzene rings is 2. The third-order valence-electron chi connectivity index (χ3n) is 6.88. The second-order valence-corrected chi connectivity index (χ2v) is 9.58. The minimum atomic E-state index is -0.109. The second kappa shape index (κ2) is 11.9. The molecule has 31 heavy (non-hydrogen) atoms. The fraction of sp³-hybridized carbons (Fsp3) is 0.552. The van der Waals surface area contributed by atoms with Gasteiger partial charge in [0.05, 0.1) is 18.1 Å². The predicted octanol–water partition coefficient (Wildman–Crippen LogP) is 8.36. The number of nitriles is 1. The van der Waals surface area contributed by atoms with Crippen molar-refractivity contribution < 1.29 is 4.74 Å². The van der Waals surface area contributed by atoms with Gasteiger partial charge in [-0.15, -0.1) is 0 Å². The largest absolute Gasteiger partial charge is 0.494 e. The van der Waals surface area contributed by atoms with Crippen molar-refractivity contribution in [2.45, 2.75) is 84.5 Å². The van der Waals surface area contributed by atoms with Gasteiger partial charge in [0.1, 0.15) is 5.75 Å². The fourth-order valence-corrected chi connectivity index (χ4v) is 4.93. The van der Waals surface area contributed by atoms with Gasteiger partial charge in [-0.25, -0.2) is 0 Å². The van der Waals surface area contributed by atoms with Gasteiger partial charge < -0.3 is 4.74 Å². The van der Waals surface area contributed by atoms with Crippen molar-refractivity contribution in [1.29, 1.82) is 5.26 Å². The van der Waals surface area contributed by atoms with Crippen molar-refractivity contribution >= 4 is 0 Å². The zero-order valence-corrected chi connectivity index (χ0v) is 19.5. The zero-order chi connectivity index (χ0) is 21.9. The second-order valence-electron chi connectivity index (χ2n) is 9.58. The molecule has 0 heterocycles. The van der Waals surface area contributed by atoms with Crippen molar-refractivity contribution in [3.8, 4) is 22.9 Å². The highest BCUT2D eigenvalue weighted by atomic mass is 16.5. The van der Waals surface area contributed by atoms with E-state index in [1.165, 1.54) is 55.2 Å². The third kappa shape index (κ3) is 7.13. The Morgan fingerprint density at radius 1 is 0.968 bits per heavy atom. The van der Waals surface area contributed by atoms with Crippen LogP contribution in [0.3, 0.4) is 0 Å². The van der Waals surface area contributed by atoms with Gasteiger partial charge >= 0.3 is 0 Å². The first kappa shape index (κ1) is 23.4. The van der Waals surface area contributed by atoms with Crippen LogP contribution in [0.2, 0.25) is 0 Å². The molecule has 0 bridgehead atoms. The summed E-state index contributed by atoms with van der Waals surface area (Å²) >= 11 is 0. The lowest BCUT2D eigenvalue weighted by atomic mass is 9.68. The molecule has 2 nitrogen and oxygen atoms in total. The summed E-state index contributed by atoms with van der Waals surface area (Å²) in [7, 11) is 0. The van der Waals surface area contributed by atoms with Crippen molar-refractivity contribution in [1.82, 2.24) is 0 Å². The molecule has 2 unspecified atom stereocenters.